The zero-order valence-electron chi connectivity index (χ0n) is 12.8. The number of benzene rings is 1. The Morgan fingerprint density at radius 1 is 1.27 bits per heavy atom. The maximum atomic E-state index is 12.8. The molecule has 0 unspecified atom stereocenters. The third-order valence-electron chi connectivity index (χ3n) is 3.89. The molecule has 2 aromatic heterocycles. The summed E-state index contributed by atoms with van der Waals surface area (Å²) >= 11 is 0. The van der Waals surface area contributed by atoms with Crippen LogP contribution in [0.5, 0.6) is 0 Å². The third kappa shape index (κ3) is 2.32. The fourth-order valence-electron chi connectivity index (χ4n) is 2.46. The molecule has 0 aliphatic heterocycles. The number of para-hydroxylation sites is 1. The highest BCUT2D eigenvalue weighted by Crippen LogP contribution is 2.22. The van der Waals surface area contributed by atoms with E-state index in [2.05, 4.69) is 15.1 Å². The van der Waals surface area contributed by atoms with E-state index in [1.807, 2.05) is 44.3 Å². The van der Waals surface area contributed by atoms with Crippen molar-refractivity contribution in [2.45, 2.75) is 13.0 Å². The van der Waals surface area contributed by atoms with Crippen LogP contribution in [0.2, 0.25) is 0 Å². The second-order valence-corrected chi connectivity index (χ2v) is 5.22. The van der Waals surface area contributed by atoms with E-state index in [1.54, 1.807) is 22.8 Å². The molecule has 0 radical (unpaired) electrons. The molecule has 1 atom stereocenters. The maximum absolute atomic E-state index is 12.8. The van der Waals surface area contributed by atoms with Crippen LogP contribution in [0.1, 0.15) is 29.1 Å². The average Bonchev–Trinajstić information content (AvgIpc) is 2.91. The molecule has 1 amide bonds. The Labute approximate surface area is 128 Å². The summed E-state index contributed by atoms with van der Waals surface area (Å²) < 4.78 is 1.73. The zero-order valence-corrected chi connectivity index (χ0v) is 12.8. The van der Waals surface area contributed by atoms with Crippen molar-refractivity contribution in [1.82, 2.24) is 24.6 Å². The molecule has 0 N–H and O–H groups in total. The molecule has 0 aliphatic carbocycles. The molecule has 2 heterocycles. The molecule has 0 saturated heterocycles. The lowest BCUT2D eigenvalue weighted by molar-refractivity contribution is 0.0735. The van der Waals surface area contributed by atoms with Crippen molar-refractivity contribution in [3.63, 3.8) is 0 Å². The molecule has 112 valence electrons. The van der Waals surface area contributed by atoms with Crippen molar-refractivity contribution in [2.75, 3.05) is 7.05 Å². The van der Waals surface area contributed by atoms with Crippen LogP contribution in [0.4, 0.5) is 0 Å². The molecule has 0 bridgehead atoms. The van der Waals surface area contributed by atoms with Crippen molar-refractivity contribution in [1.29, 1.82) is 0 Å². The van der Waals surface area contributed by atoms with Gasteiger partial charge in [-0.3, -0.25) is 9.48 Å². The summed E-state index contributed by atoms with van der Waals surface area (Å²) in [6.45, 7) is 1.94. The fourth-order valence-corrected chi connectivity index (χ4v) is 2.46. The van der Waals surface area contributed by atoms with E-state index >= 15 is 0 Å². The zero-order chi connectivity index (χ0) is 15.7. The van der Waals surface area contributed by atoms with Crippen LogP contribution < -0.4 is 0 Å². The second-order valence-electron chi connectivity index (χ2n) is 5.22. The fraction of sp³-hybridized carbons (Fsp3) is 0.250. The van der Waals surface area contributed by atoms with Crippen LogP contribution in [0.15, 0.2) is 42.9 Å². The maximum Gasteiger partial charge on any atom is 0.275 e. The van der Waals surface area contributed by atoms with E-state index in [1.165, 1.54) is 6.33 Å². The van der Waals surface area contributed by atoms with Crippen molar-refractivity contribution in [3.8, 4) is 0 Å². The van der Waals surface area contributed by atoms with Gasteiger partial charge in [-0.25, -0.2) is 9.97 Å². The molecule has 0 aliphatic rings. The first-order chi connectivity index (χ1) is 10.6. The molecule has 0 spiro atoms. The van der Waals surface area contributed by atoms with Crippen LogP contribution in [0.3, 0.4) is 0 Å². The van der Waals surface area contributed by atoms with Crippen LogP contribution in [-0.4, -0.2) is 37.6 Å². The van der Waals surface area contributed by atoms with E-state index in [4.69, 9.17) is 0 Å². The van der Waals surface area contributed by atoms with Crippen LogP contribution in [-0.2, 0) is 7.05 Å². The largest absolute Gasteiger partial charge is 0.332 e. The molecule has 1 aromatic carbocycles. The first-order valence-electron chi connectivity index (χ1n) is 7.04. The van der Waals surface area contributed by atoms with Crippen LogP contribution >= 0.6 is 0 Å². The summed E-state index contributed by atoms with van der Waals surface area (Å²) in [5.41, 5.74) is 2.20. The van der Waals surface area contributed by atoms with Gasteiger partial charge in [-0.05, 0) is 19.1 Å². The molecule has 6 heteroatoms. The predicted molar refractivity (Wildman–Crippen MR) is 83.3 cm³/mol. The molecule has 6 nitrogen and oxygen atoms in total. The summed E-state index contributed by atoms with van der Waals surface area (Å²) in [5, 5.41) is 5.24. The van der Waals surface area contributed by atoms with E-state index in [0.29, 0.717) is 5.69 Å². The summed E-state index contributed by atoms with van der Waals surface area (Å²) in [6.07, 6.45) is 3.16. The normalized spacial score (nSPS) is 12.3. The van der Waals surface area contributed by atoms with Gasteiger partial charge in [0, 0.05) is 25.7 Å². The first kappa shape index (κ1) is 14.2. The number of fused-ring (bicyclic) bond motifs is 1. The highest BCUT2D eigenvalue weighted by molar-refractivity contribution is 6.04. The van der Waals surface area contributed by atoms with E-state index in [0.717, 1.165) is 16.6 Å². The van der Waals surface area contributed by atoms with Gasteiger partial charge in [0.2, 0.25) is 0 Å². The molecule has 0 saturated carbocycles. The van der Waals surface area contributed by atoms with E-state index in [9.17, 15) is 4.79 Å². The minimum Gasteiger partial charge on any atom is -0.332 e. The van der Waals surface area contributed by atoms with Gasteiger partial charge in [0.05, 0.1) is 17.3 Å². The van der Waals surface area contributed by atoms with Gasteiger partial charge in [-0.1, -0.05) is 18.2 Å². The number of carbonyl (C=O) groups excluding carboxylic acids is 1. The first-order valence-corrected chi connectivity index (χ1v) is 7.04. The van der Waals surface area contributed by atoms with E-state index in [-0.39, 0.29) is 11.9 Å². The van der Waals surface area contributed by atoms with Crippen molar-refractivity contribution < 1.29 is 4.79 Å². The van der Waals surface area contributed by atoms with Gasteiger partial charge in [-0.2, -0.15) is 5.10 Å². The summed E-state index contributed by atoms with van der Waals surface area (Å²) in [5.74, 6) is -0.122. The molecular formula is C16H17N5O. The van der Waals surface area contributed by atoms with Crippen molar-refractivity contribution in [3.05, 3.63) is 54.2 Å². The molecule has 22 heavy (non-hydrogen) atoms. The third-order valence-corrected chi connectivity index (χ3v) is 3.89. The lowest BCUT2D eigenvalue weighted by Gasteiger charge is -2.23. The lowest BCUT2D eigenvalue weighted by atomic mass is 10.1. The lowest BCUT2D eigenvalue weighted by Crippen LogP contribution is -2.30. The quantitative estimate of drug-likeness (QED) is 0.743. The topological polar surface area (TPSA) is 63.9 Å². The SMILES string of the molecule is C[C@H](c1ccncn1)N(C)C(=O)c1nn(C)c2ccccc12. The highest BCUT2D eigenvalue weighted by atomic mass is 16.2. The number of aryl methyl sites for hydroxylation is 1. The van der Waals surface area contributed by atoms with Gasteiger partial charge in [0.15, 0.2) is 5.69 Å². The minimum absolute atomic E-state index is 0.122. The second kappa shape index (κ2) is 5.55. The van der Waals surface area contributed by atoms with Gasteiger partial charge in [-0.15, -0.1) is 0 Å². The van der Waals surface area contributed by atoms with Gasteiger partial charge in [0.25, 0.3) is 5.91 Å². The average molecular weight is 295 g/mol. The van der Waals surface area contributed by atoms with Crippen molar-refractivity contribution >= 4 is 16.8 Å². The Hall–Kier alpha value is -2.76. The molecular weight excluding hydrogens is 278 g/mol. The number of rotatable bonds is 3. The predicted octanol–water partition coefficient (Wildman–Crippen LogP) is 2.20. The number of aromatic nitrogens is 4. The number of hydrogen-bond donors (Lipinski definition) is 0. The molecule has 0 fully saturated rings. The summed E-state index contributed by atoms with van der Waals surface area (Å²) in [4.78, 5) is 22.6. The Morgan fingerprint density at radius 2 is 2.05 bits per heavy atom. The smallest absolute Gasteiger partial charge is 0.275 e. The Morgan fingerprint density at radius 3 is 2.77 bits per heavy atom. The number of hydrogen-bond acceptors (Lipinski definition) is 4. The standard InChI is InChI=1S/C16H17N5O/c1-11(13-8-9-17-10-18-13)20(2)16(22)15-12-6-4-5-7-14(12)21(3)19-15/h4-11H,1-3H3/t11-/m1/s1. The van der Waals surface area contributed by atoms with Crippen LogP contribution in [0.25, 0.3) is 10.9 Å². The number of nitrogens with zero attached hydrogens (tertiary/aromatic N) is 5. The van der Waals surface area contributed by atoms with E-state index < -0.39 is 0 Å². The molecule has 3 aromatic rings. The minimum atomic E-state index is -0.156. The summed E-state index contributed by atoms with van der Waals surface area (Å²) in [7, 11) is 3.60. The van der Waals surface area contributed by atoms with Crippen molar-refractivity contribution in [2.24, 2.45) is 7.05 Å². The number of amides is 1. The van der Waals surface area contributed by atoms with Crippen LogP contribution in [0, 0.1) is 0 Å². The summed E-state index contributed by atoms with van der Waals surface area (Å²) in [6, 6.07) is 9.37. The molecule has 3 rings (SSSR count). The highest BCUT2D eigenvalue weighted by Gasteiger charge is 2.24. The Kier molecular flexibility index (Phi) is 3.58. The van der Waals surface area contributed by atoms with Gasteiger partial charge < -0.3 is 4.90 Å². The monoisotopic (exact) mass is 295 g/mol. The van der Waals surface area contributed by atoms with Gasteiger partial charge in [0.1, 0.15) is 6.33 Å². The Balaban J connectivity index is 1.96. The van der Waals surface area contributed by atoms with Gasteiger partial charge >= 0.3 is 0 Å². The Bertz CT molecular complexity index is 812. The number of carbonyl (C=O) groups is 1.